The van der Waals surface area contributed by atoms with Crippen LogP contribution in [-0.2, 0) is 6.42 Å². The molecule has 0 saturated heterocycles. The molecule has 0 saturated carbocycles. The zero-order valence-corrected chi connectivity index (χ0v) is 7.99. The minimum Gasteiger partial charge on any atom is -0.508 e. The largest absolute Gasteiger partial charge is 0.508 e. The summed E-state index contributed by atoms with van der Waals surface area (Å²) in [4.78, 5) is 0. The quantitative estimate of drug-likeness (QED) is 0.623. The first kappa shape index (κ1) is 12.4. The topological polar surface area (TPSA) is 86.7 Å². The zero-order valence-electron chi connectivity index (χ0n) is 7.99. The molecule has 7 heteroatoms. The Morgan fingerprint density at radius 2 is 1.56 bits per heavy atom. The van der Waals surface area contributed by atoms with E-state index in [9.17, 15) is 23.4 Å². The second-order valence-corrected chi connectivity index (χ2v) is 3.31. The molecule has 1 rings (SSSR count). The molecule has 0 radical (unpaired) electrons. The third-order valence-corrected chi connectivity index (χ3v) is 2.03. The Bertz CT molecular complexity index is 369. The van der Waals surface area contributed by atoms with Crippen LogP contribution in [0.4, 0.5) is 13.2 Å². The molecule has 1 unspecified atom stereocenters. The summed E-state index contributed by atoms with van der Waals surface area (Å²) >= 11 is 0. The number of phenols is 3. The van der Waals surface area contributed by atoms with Crippen molar-refractivity contribution in [3.05, 3.63) is 17.7 Å². The summed E-state index contributed by atoms with van der Waals surface area (Å²) in [5.41, 5.74) is 4.50. The van der Waals surface area contributed by atoms with Crippen molar-refractivity contribution in [1.82, 2.24) is 0 Å². The lowest BCUT2D eigenvalue weighted by molar-refractivity contribution is -0.147. The van der Waals surface area contributed by atoms with E-state index in [0.29, 0.717) is 0 Å². The number of phenolic OH excluding ortho intramolecular Hbond substituents is 3. The fraction of sp³-hybridized carbons (Fsp3) is 0.333. The van der Waals surface area contributed by atoms with Gasteiger partial charge in [0.15, 0.2) is 0 Å². The van der Waals surface area contributed by atoms with Crippen LogP contribution < -0.4 is 5.73 Å². The van der Waals surface area contributed by atoms with Crippen LogP contribution in [0.5, 0.6) is 17.2 Å². The third-order valence-electron chi connectivity index (χ3n) is 2.03. The summed E-state index contributed by atoms with van der Waals surface area (Å²) < 4.78 is 36.4. The molecular weight excluding hydrogens is 227 g/mol. The molecule has 0 aromatic heterocycles. The van der Waals surface area contributed by atoms with E-state index in [1.807, 2.05) is 0 Å². The number of aromatic hydroxyl groups is 3. The minimum absolute atomic E-state index is 0.345. The predicted octanol–water partition coefficient (Wildman–Crippen LogP) is 1.24. The van der Waals surface area contributed by atoms with E-state index in [1.165, 1.54) is 0 Å². The molecule has 1 aromatic rings. The van der Waals surface area contributed by atoms with Crippen molar-refractivity contribution in [2.24, 2.45) is 5.73 Å². The van der Waals surface area contributed by atoms with E-state index < -0.39 is 35.9 Å². The molecule has 1 aromatic carbocycles. The van der Waals surface area contributed by atoms with Crippen molar-refractivity contribution >= 4 is 0 Å². The Labute approximate surface area is 88.7 Å². The lowest BCUT2D eigenvalue weighted by atomic mass is 10.0. The number of halogens is 3. The van der Waals surface area contributed by atoms with Gasteiger partial charge in [0.05, 0.1) is 0 Å². The first-order valence-electron chi connectivity index (χ1n) is 4.28. The van der Waals surface area contributed by atoms with Crippen LogP contribution in [0.1, 0.15) is 5.56 Å². The van der Waals surface area contributed by atoms with Gasteiger partial charge in [-0.1, -0.05) is 0 Å². The number of hydrogen-bond donors (Lipinski definition) is 4. The highest BCUT2D eigenvalue weighted by Crippen LogP contribution is 2.34. The number of rotatable bonds is 2. The van der Waals surface area contributed by atoms with Gasteiger partial charge in [-0.25, -0.2) is 0 Å². The second kappa shape index (κ2) is 4.09. The molecule has 0 aliphatic rings. The molecule has 0 heterocycles. The molecule has 16 heavy (non-hydrogen) atoms. The Kier molecular flexibility index (Phi) is 3.18. The van der Waals surface area contributed by atoms with Gasteiger partial charge >= 0.3 is 6.18 Å². The average molecular weight is 237 g/mol. The van der Waals surface area contributed by atoms with E-state index in [4.69, 9.17) is 10.8 Å². The molecule has 5 N–H and O–H groups in total. The lowest BCUT2D eigenvalue weighted by Crippen LogP contribution is -2.39. The minimum atomic E-state index is -4.61. The van der Waals surface area contributed by atoms with Crippen LogP contribution in [0.15, 0.2) is 12.1 Å². The fourth-order valence-electron chi connectivity index (χ4n) is 1.17. The maximum Gasteiger partial charge on any atom is 0.403 e. The molecule has 0 amide bonds. The average Bonchev–Trinajstić information content (AvgIpc) is 2.08. The Morgan fingerprint density at radius 3 is 1.94 bits per heavy atom. The van der Waals surface area contributed by atoms with E-state index >= 15 is 0 Å². The van der Waals surface area contributed by atoms with Gasteiger partial charge in [-0.3, -0.25) is 0 Å². The summed E-state index contributed by atoms with van der Waals surface area (Å²) in [6.07, 6.45) is -5.38. The Hall–Kier alpha value is -1.63. The van der Waals surface area contributed by atoms with Gasteiger partial charge in [0.1, 0.15) is 23.3 Å². The summed E-state index contributed by atoms with van der Waals surface area (Å²) in [6.45, 7) is 0. The molecule has 0 spiro atoms. The summed E-state index contributed by atoms with van der Waals surface area (Å²) in [7, 11) is 0. The van der Waals surface area contributed by atoms with Crippen molar-refractivity contribution in [1.29, 1.82) is 0 Å². The van der Waals surface area contributed by atoms with E-state index in [0.717, 1.165) is 12.1 Å². The molecule has 1 atom stereocenters. The molecule has 0 aliphatic carbocycles. The molecule has 0 fully saturated rings. The first-order chi connectivity index (χ1) is 7.21. The SMILES string of the molecule is NC(Cc1c(O)cc(O)cc1O)C(F)(F)F. The van der Waals surface area contributed by atoms with Crippen LogP contribution >= 0.6 is 0 Å². The highest BCUT2D eigenvalue weighted by atomic mass is 19.4. The van der Waals surface area contributed by atoms with Gasteiger partial charge in [0.25, 0.3) is 0 Å². The normalized spacial score (nSPS) is 13.8. The van der Waals surface area contributed by atoms with E-state index in [-0.39, 0.29) is 5.56 Å². The number of nitrogens with two attached hydrogens (primary N) is 1. The van der Waals surface area contributed by atoms with Crippen molar-refractivity contribution in [2.75, 3.05) is 0 Å². The van der Waals surface area contributed by atoms with Crippen molar-refractivity contribution in [2.45, 2.75) is 18.6 Å². The lowest BCUT2D eigenvalue weighted by Gasteiger charge is -2.16. The highest BCUT2D eigenvalue weighted by molar-refractivity contribution is 5.49. The summed E-state index contributed by atoms with van der Waals surface area (Å²) in [6, 6.07) is -0.523. The molecule has 90 valence electrons. The predicted molar refractivity (Wildman–Crippen MR) is 49.2 cm³/mol. The van der Waals surface area contributed by atoms with E-state index in [2.05, 4.69) is 0 Å². The van der Waals surface area contributed by atoms with Gasteiger partial charge in [0.2, 0.25) is 0 Å². The smallest absolute Gasteiger partial charge is 0.403 e. The standard InChI is InChI=1S/C9H10F3NO3/c10-9(11,12)8(13)3-5-6(15)1-4(14)2-7(5)16/h1-2,8,14-16H,3,13H2. The van der Waals surface area contributed by atoms with E-state index in [1.54, 1.807) is 0 Å². The first-order valence-corrected chi connectivity index (χ1v) is 4.28. The van der Waals surface area contributed by atoms with Gasteiger partial charge in [-0.2, -0.15) is 13.2 Å². The monoisotopic (exact) mass is 237 g/mol. The maximum absolute atomic E-state index is 12.1. The molecule has 0 aliphatic heterocycles. The van der Waals surface area contributed by atoms with Gasteiger partial charge in [-0.05, 0) is 0 Å². The van der Waals surface area contributed by atoms with Gasteiger partial charge in [0, 0.05) is 24.1 Å². The fourth-order valence-corrected chi connectivity index (χ4v) is 1.17. The van der Waals surface area contributed by atoms with Crippen LogP contribution in [0.25, 0.3) is 0 Å². The number of hydrogen-bond acceptors (Lipinski definition) is 4. The molecule has 4 nitrogen and oxygen atoms in total. The van der Waals surface area contributed by atoms with Crippen molar-refractivity contribution in [3.8, 4) is 17.2 Å². The second-order valence-electron chi connectivity index (χ2n) is 3.31. The molecule has 0 bridgehead atoms. The van der Waals surface area contributed by atoms with Crippen LogP contribution in [0, 0.1) is 0 Å². The zero-order chi connectivity index (χ0) is 12.5. The Morgan fingerprint density at radius 1 is 1.12 bits per heavy atom. The number of alkyl halides is 3. The highest BCUT2D eigenvalue weighted by Gasteiger charge is 2.37. The van der Waals surface area contributed by atoms with Gasteiger partial charge in [-0.15, -0.1) is 0 Å². The summed E-state index contributed by atoms with van der Waals surface area (Å²) in [5, 5.41) is 27.4. The molecular formula is C9H10F3NO3. The number of benzene rings is 1. The van der Waals surface area contributed by atoms with Crippen LogP contribution in [0.3, 0.4) is 0 Å². The Balaban J connectivity index is 2.98. The van der Waals surface area contributed by atoms with Crippen molar-refractivity contribution in [3.63, 3.8) is 0 Å². The van der Waals surface area contributed by atoms with Gasteiger partial charge < -0.3 is 21.1 Å². The van der Waals surface area contributed by atoms with Crippen LogP contribution in [-0.4, -0.2) is 27.5 Å². The maximum atomic E-state index is 12.1. The van der Waals surface area contributed by atoms with Crippen LogP contribution in [0.2, 0.25) is 0 Å². The van der Waals surface area contributed by atoms with Crippen molar-refractivity contribution < 1.29 is 28.5 Å². The summed E-state index contributed by atoms with van der Waals surface area (Å²) in [5.74, 6) is -1.70. The third kappa shape index (κ3) is 2.69.